The Morgan fingerprint density at radius 2 is 2.12 bits per heavy atom. The van der Waals surface area contributed by atoms with Crippen molar-refractivity contribution in [3.63, 3.8) is 0 Å². The Labute approximate surface area is 113 Å². The molecule has 1 aliphatic rings. The number of anilines is 2. The van der Waals surface area contributed by atoms with E-state index in [1.54, 1.807) is 11.3 Å². The van der Waals surface area contributed by atoms with Crippen LogP contribution in [0.25, 0.3) is 0 Å². The van der Waals surface area contributed by atoms with E-state index in [0.717, 1.165) is 16.3 Å². The molecule has 2 nitrogen and oxygen atoms in total. The first-order chi connectivity index (χ1) is 8.34. The largest absolute Gasteiger partial charge is 0.318 e. The number of aryl methyl sites for hydroxylation is 1. The number of nitrogens with zero attached hydrogens (tertiary/aromatic N) is 2. The van der Waals surface area contributed by atoms with Crippen molar-refractivity contribution in [3.05, 3.63) is 39.8 Å². The van der Waals surface area contributed by atoms with E-state index in [0.29, 0.717) is 0 Å². The van der Waals surface area contributed by atoms with E-state index in [-0.39, 0.29) is 0 Å². The van der Waals surface area contributed by atoms with Crippen LogP contribution in [0.3, 0.4) is 0 Å². The standard InChI is InChI=1S/C13H13BrN2S/c14-12-9-17-13(15-12)16-8-4-3-6-10-5-1-2-7-11(10)16/h1-2,5,7,9H,3-4,6,8H2. The van der Waals surface area contributed by atoms with Gasteiger partial charge in [0.15, 0.2) is 5.13 Å². The van der Waals surface area contributed by atoms with Crippen LogP contribution in [-0.2, 0) is 6.42 Å². The molecule has 0 saturated carbocycles. The molecular weight excluding hydrogens is 296 g/mol. The van der Waals surface area contributed by atoms with E-state index in [1.807, 2.05) is 5.38 Å². The molecule has 1 aliphatic heterocycles. The average molecular weight is 309 g/mol. The molecule has 1 aromatic heterocycles. The van der Waals surface area contributed by atoms with Gasteiger partial charge in [-0.25, -0.2) is 4.98 Å². The van der Waals surface area contributed by atoms with Gasteiger partial charge in [-0.15, -0.1) is 11.3 Å². The number of hydrogen-bond acceptors (Lipinski definition) is 3. The van der Waals surface area contributed by atoms with Gasteiger partial charge in [0.1, 0.15) is 4.60 Å². The lowest BCUT2D eigenvalue weighted by Crippen LogP contribution is -2.17. The van der Waals surface area contributed by atoms with E-state index in [9.17, 15) is 0 Å². The fraction of sp³-hybridized carbons (Fsp3) is 0.308. The van der Waals surface area contributed by atoms with Gasteiger partial charge in [0, 0.05) is 17.6 Å². The highest BCUT2D eigenvalue weighted by Crippen LogP contribution is 2.34. The predicted molar refractivity (Wildman–Crippen MR) is 76.2 cm³/mol. The van der Waals surface area contributed by atoms with Crippen LogP contribution >= 0.6 is 27.3 Å². The first-order valence-electron chi connectivity index (χ1n) is 5.81. The number of rotatable bonds is 1. The van der Waals surface area contributed by atoms with Crippen molar-refractivity contribution in [2.75, 3.05) is 11.4 Å². The predicted octanol–water partition coefficient (Wildman–Crippen LogP) is 4.38. The summed E-state index contributed by atoms with van der Waals surface area (Å²) in [6.07, 6.45) is 3.67. The van der Waals surface area contributed by atoms with Crippen LogP contribution in [0.5, 0.6) is 0 Å². The highest BCUT2D eigenvalue weighted by molar-refractivity contribution is 9.10. The molecule has 0 radical (unpaired) electrons. The fourth-order valence-corrected chi connectivity index (χ4v) is 3.55. The Bertz CT molecular complexity index is 524. The number of fused-ring (bicyclic) bond motifs is 1. The van der Waals surface area contributed by atoms with Gasteiger partial charge in [-0.2, -0.15) is 0 Å². The zero-order chi connectivity index (χ0) is 11.7. The van der Waals surface area contributed by atoms with Crippen molar-refractivity contribution >= 4 is 38.1 Å². The van der Waals surface area contributed by atoms with E-state index >= 15 is 0 Å². The van der Waals surface area contributed by atoms with Crippen molar-refractivity contribution in [2.24, 2.45) is 0 Å². The summed E-state index contributed by atoms with van der Waals surface area (Å²) in [6, 6.07) is 8.67. The summed E-state index contributed by atoms with van der Waals surface area (Å²) in [5.74, 6) is 0. The van der Waals surface area contributed by atoms with Crippen LogP contribution < -0.4 is 4.90 Å². The summed E-state index contributed by atoms with van der Waals surface area (Å²) in [5, 5.41) is 3.13. The van der Waals surface area contributed by atoms with Gasteiger partial charge in [0.2, 0.25) is 0 Å². The molecule has 0 aliphatic carbocycles. The maximum absolute atomic E-state index is 4.54. The number of benzene rings is 1. The Morgan fingerprint density at radius 1 is 1.24 bits per heavy atom. The van der Waals surface area contributed by atoms with E-state index in [2.05, 4.69) is 50.1 Å². The second kappa shape index (κ2) is 4.78. The number of aromatic nitrogens is 1. The van der Waals surface area contributed by atoms with Gasteiger partial charge in [-0.1, -0.05) is 18.2 Å². The minimum absolute atomic E-state index is 0.930. The Balaban J connectivity index is 2.05. The molecule has 88 valence electrons. The summed E-state index contributed by atoms with van der Waals surface area (Å²) in [6.45, 7) is 1.07. The molecule has 0 N–H and O–H groups in total. The van der Waals surface area contributed by atoms with Crippen LogP contribution in [0.15, 0.2) is 34.2 Å². The van der Waals surface area contributed by atoms with Crippen molar-refractivity contribution in [1.82, 2.24) is 4.98 Å². The lowest BCUT2D eigenvalue weighted by atomic mass is 10.1. The molecule has 1 aromatic carbocycles. The zero-order valence-corrected chi connectivity index (χ0v) is 11.8. The van der Waals surface area contributed by atoms with Crippen LogP contribution in [0, 0.1) is 0 Å². The van der Waals surface area contributed by atoms with Gasteiger partial charge in [0.05, 0.1) is 0 Å². The summed E-state index contributed by atoms with van der Waals surface area (Å²) >= 11 is 5.13. The van der Waals surface area contributed by atoms with Gasteiger partial charge in [-0.3, -0.25) is 0 Å². The Hall–Kier alpha value is -0.870. The molecule has 2 heterocycles. The van der Waals surface area contributed by atoms with Crippen LogP contribution in [0.2, 0.25) is 0 Å². The van der Waals surface area contributed by atoms with Crippen LogP contribution in [0.4, 0.5) is 10.8 Å². The molecule has 17 heavy (non-hydrogen) atoms. The maximum atomic E-state index is 4.54. The van der Waals surface area contributed by atoms with Gasteiger partial charge < -0.3 is 4.90 Å². The third-order valence-electron chi connectivity index (χ3n) is 3.06. The molecule has 3 rings (SSSR count). The van der Waals surface area contributed by atoms with Gasteiger partial charge in [0.25, 0.3) is 0 Å². The second-order valence-corrected chi connectivity index (χ2v) is 5.84. The number of hydrogen-bond donors (Lipinski definition) is 0. The van der Waals surface area contributed by atoms with Crippen molar-refractivity contribution in [3.8, 4) is 0 Å². The topological polar surface area (TPSA) is 16.1 Å². The normalized spacial score (nSPS) is 15.5. The molecule has 0 bridgehead atoms. The first-order valence-corrected chi connectivity index (χ1v) is 7.48. The number of halogens is 1. The lowest BCUT2D eigenvalue weighted by Gasteiger charge is -2.21. The van der Waals surface area contributed by atoms with Crippen molar-refractivity contribution in [2.45, 2.75) is 19.3 Å². The second-order valence-electron chi connectivity index (χ2n) is 4.19. The Kier molecular flexibility index (Phi) is 3.16. The van der Waals surface area contributed by atoms with E-state index in [4.69, 9.17) is 0 Å². The van der Waals surface area contributed by atoms with Crippen LogP contribution in [0.1, 0.15) is 18.4 Å². The summed E-state index contributed by atoms with van der Waals surface area (Å²) in [7, 11) is 0. The molecule has 4 heteroatoms. The van der Waals surface area contributed by atoms with Gasteiger partial charge >= 0.3 is 0 Å². The van der Waals surface area contributed by atoms with Crippen molar-refractivity contribution < 1.29 is 0 Å². The number of para-hydroxylation sites is 1. The summed E-state index contributed by atoms with van der Waals surface area (Å²) in [4.78, 5) is 6.88. The molecule has 2 aromatic rings. The quantitative estimate of drug-likeness (QED) is 0.777. The SMILES string of the molecule is Brc1csc(N2CCCCc3ccccc32)n1. The highest BCUT2D eigenvalue weighted by atomic mass is 79.9. The zero-order valence-electron chi connectivity index (χ0n) is 9.40. The molecule has 0 fully saturated rings. The molecule has 0 spiro atoms. The average Bonchev–Trinajstić information content (AvgIpc) is 2.66. The van der Waals surface area contributed by atoms with E-state index < -0.39 is 0 Å². The molecule has 0 saturated heterocycles. The van der Waals surface area contributed by atoms with Crippen molar-refractivity contribution in [1.29, 1.82) is 0 Å². The lowest BCUT2D eigenvalue weighted by molar-refractivity contribution is 0.760. The highest BCUT2D eigenvalue weighted by Gasteiger charge is 2.18. The molecule has 0 unspecified atom stereocenters. The minimum atomic E-state index is 0.930. The fourth-order valence-electron chi connectivity index (χ4n) is 2.26. The third-order valence-corrected chi connectivity index (χ3v) is 4.63. The minimum Gasteiger partial charge on any atom is -0.318 e. The third kappa shape index (κ3) is 2.24. The summed E-state index contributed by atoms with van der Waals surface area (Å²) in [5.41, 5.74) is 2.77. The van der Waals surface area contributed by atoms with E-state index in [1.165, 1.54) is 30.5 Å². The monoisotopic (exact) mass is 308 g/mol. The smallest absolute Gasteiger partial charge is 0.190 e. The molecule has 0 amide bonds. The summed E-state index contributed by atoms with van der Waals surface area (Å²) < 4.78 is 0.930. The Morgan fingerprint density at radius 3 is 2.94 bits per heavy atom. The molecular formula is C13H13BrN2S. The maximum Gasteiger partial charge on any atom is 0.190 e. The molecule has 0 atom stereocenters. The van der Waals surface area contributed by atoms with Gasteiger partial charge in [-0.05, 0) is 46.8 Å². The first kappa shape index (κ1) is 11.2. The number of thiazole rings is 1. The van der Waals surface area contributed by atoms with Crippen LogP contribution in [-0.4, -0.2) is 11.5 Å².